The zero-order valence-electron chi connectivity index (χ0n) is 10.5. The fraction of sp³-hybridized carbons (Fsp3) is 0.818. The van der Waals surface area contributed by atoms with E-state index in [9.17, 15) is 14.7 Å². The molecule has 0 radical (unpaired) electrons. The molecule has 0 aromatic heterocycles. The standard InChI is InChI=1S/C11H21N3O3/c1-3-11(17)7-14(8-11)6-10(16)13-5-4-12-9(2)15/h17H,3-8H2,1-2H3,(H,12,15)(H,13,16). The predicted octanol–water partition coefficient (Wildman–Crippen LogP) is -1.30. The van der Waals surface area contributed by atoms with E-state index in [4.69, 9.17) is 0 Å². The quantitative estimate of drug-likeness (QED) is 0.506. The average Bonchev–Trinajstić information content (AvgIpc) is 2.21. The van der Waals surface area contributed by atoms with Gasteiger partial charge in [0.2, 0.25) is 11.8 Å². The second-order valence-electron chi connectivity index (χ2n) is 4.56. The van der Waals surface area contributed by atoms with Crippen LogP contribution < -0.4 is 10.6 Å². The molecule has 98 valence electrons. The molecule has 3 N–H and O–H groups in total. The highest BCUT2D eigenvalue weighted by Crippen LogP contribution is 2.23. The van der Waals surface area contributed by atoms with Crippen molar-refractivity contribution in [1.82, 2.24) is 15.5 Å². The molecule has 0 unspecified atom stereocenters. The minimum absolute atomic E-state index is 0.0755. The van der Waals surface area contributed by atoms with Crippen LogP contribution in [0, 0.1) is 0 Å². The lowest BCUT2D eigenvalue weighted by atomic mass is 9.91. The van der Waals surface area contributed by atoms with E-state index >= 15 is 0 Å². The van der Waals surface area contributed by atoms with Gasteiger partial charge in [0.25, 0.3) is 0 Å². The highest BCUT2D eigenvalue weighted by atomic mass is 16.3. The molecule has 1 aliphatic heterocycles. The first-order valence-corrected chi connectivity index (χ1v) is 5.91. The Morgan fingerprint density at radius 3 is 2.41 bits per heavy atom. The molecule has 0 spiro atoms. The number of nitrogens with zero attached hydrogens (tertiary/aromatic N) is 1. The highest BCUT2D eigenvalue weighted by Gasteiger charge is 2.39. The fourth-order valence-electron chi connectivity index (χ4n) is 1.82. The van der Waals surface area contributed by atoms with Gasteiger partial charge in [0.05, 0.1) is 12.1 Å². The van der Waals surface area contributed by atoms with Crippen molar-refractivity contribution in [3.8, 4) is 0 Å². The van der Waals surface area contributed by atoms with Crippen LogP contribution in [0.2, 0.25) is 0 Å². The third-order valence-corrected chi connectivity index (χ3v) is 2.88. The summed E-state index contributed by atoms with van der Waals surface area (Å²) in [7, 11) is 0. The number of rotatable bonds is 6. The normalized spacial score (nSPS) is 18.3. The third kappa shape index (κ3) is 4.70. The summed E-state index contributed by atoms with van der Waals surface area (Å²) in [6.07, 6.45) is 0.716. The molecule has 0 aromatic rings. The van der Waals surface area contributed by atoms with Crippen LogP contribution in [-0.4, -0.2) is 60.1 Å². The Labute approximate surface area is 101 Å². The van der Waals surface area contributed by atoms with Crippen molar-refractivity contribution in [2.24, 2.45) is 0 Å². The third-order valence-electron chi connectivity index (χ3n) is 2.88. The van der Waals surface area contributed by atoms with Gasteiger partial charge in [-0.2, -0.15) is 0 Å². The number of β-amino-alcohol motifs (C(OH)–C–C–N with tert-alkyl or cyclic N) is 1. The second-order valence-corrected chi connectivity index (χ2v) is 4.56. The second kappa shape index (κ2) is 5.97. The molecule has 0 bridgehead atoms. The number of nitrogens with one attached hydrogen (secondary N) is 2. The van der Waals surface area contributed by atoms with E-state index in [0.29, 0.717) is 39.1 Å². The van der Waals surface area contributed by atoms with Crippen LogP contribution in [0.1, 0.15) is 20.3 Å². The first-order chi connectivity index (χ1) is 7.95. The molecule has 1 saturated heterocycles. The van der Waals surface area contributed by atoms with Gasteiger partial charge in [-0.25, -0.2) is 0 Å². The molecule has 6 heteroatoms. The van der Waals surface area contributed by atoms with E-state index in [2.05, 4.69) is 10.6 Å². The van der Waals surface area contributed by atoms with Crippen LogP contribution in [0.3, 0.4) is 0 Å². The van der Waals surface area contributed by atoms with Crippen LogP contribution >= 0.6 is 0 Å². The number of hydrogen-bond donors (Lipinski definition) is 3. The number of hydrogen-bond acceptors (Lipinski definition) is 4. The molecule has 17 heavy (non-hydrogen) atoms. The molecule has 0 saturated carbocycles. The Morgan fingerprint density at radius 2 is 1.88 bits per heavy atom. The van der Waals surface area contributed by atoms with E-state index in [1.807, 2.05) is 11.8 Å². The van der Waals surface area contributed by atoms with Gasteiger partial charge in [-0.15, -0.1) is 0 Å². The molecule has 2 amide bonds. The van der Waals surface area contributed by atoms with Crippen molar-refractivity contribution in [2.45, 2.75) is 25.9 Å². The average molecular weight is 243 g/mol. The molecular formula is C11H21N3O3. The molecular weight excluding hydrogens is 222 g/mol. The van der Waals surface area contributed by atoms with Crippen LogP contribution in [0.4, 0.5) is 0 Å². The van der Waals surface area contributed by atoms with Crippen molar-refractivity contribution < 1.29 is 14.7 Å². The zero-order chi connectivity index (χ0) is 12.9. The van der Waals surface area contributed by atoms with Crippen molar-refractivity contribution in [3.05, 3.63) is 0 Å². The molecule has 1 aliphatic rings. The Kier molecular flexibility index (Phi) is 4.89. The SMILES string of the molecule is CCC1(O)CN(CC(=O)NCCNC(C)=O)C1. The summed E-state index contributed by atoms with van der Waals surface area (Å²) in [5, 5.41) is 15.1. The largest absolute Gasteiger partial charge is 0.387 e. The summed E-state index contributed by atoms with van der Waals surface area (Å²) >= 11 is 0. The van der Waals surface area contributed by atoms with Gasteiger partial charge in [0, 0.05) is 33.1 Å². The summed E-state index contributed by atoms with van der Waals surface area (Å²) in [5.74, 6) is -0.177. The van der Waals surface area contributed by atoms with Crippen molar-refractivity contribution in [1.29, 1.82) is 0 Å². The van der Waals surface area contributed by atoms with Gasteiger partial charge in [-0.1, -0.05) is 6.92 Å². The van der Waals surface area contributed by atoms with Gasteiger partial charge < -0.3 is 15.7 Å². The monoisotopic (exact) mass is 243 g/mol. The van der Waals surface area contributed by atoms with Gasteiger partial charge in [0.15, 0.2) is 0 Å². The van der Waals surface area contributed by atoms with Crippen LogP contribution in [-0.2, 0) is 9.59 Å². The minimum Gasteiger partial charge on any atom is -0.387 e. The molecule has 0 aromatic carbocycles. The fourth-order valence-corrected chi connectivity index (χ4v) is 1.82. The van der Waals surface area contributed by atoms with Gasteiger partial charge in [0.1, 0.15) is 0 Å². The number of aliphatic hydroxyl groups is 1. The maximum atomic E-state index is 11.4. The number of carbonyl (C=O) groups is 2. The Bertz CT molecular complexity index is 288. The molecule has 0 atom stereocenters. The van der Waals surface area contributed by atoms with Crippen molar-refractivity contribution >= 4 is 11.8 Å². The van der Waals surface area contributed by atoms with Gasteiger partial charge >= 0.3 is 0 Å². The van der Waals surface area contributed by atoms with Gasteiger partial charge in [-0.05, 0) is 6.42 Å². The van der Waals surface area contributed by atoms with E-state index in [0.717, 1.165) is 0 Å². The summed E-state index contributed by atoms with van der Waals surface area (Å²) in [5.41, 5.74) is -0.601. The lowest BCUT2D eigenvalue weighted by Gasteiger charge is -2.45. The van der Waals surface area contributed by atoms with E-state index in [1.165, 1.54) is 6.92 Å². The van der Waals surface area contributed by atoms with Gasteiger partial charge in [-0.3, -0.25) is 14.5 Å². The highest BCUT2D eigenvalue weighted by molar-refractivity contribution is 5.78. The maximum Gasteiger partial charge on any atom is 0.234 e. The van der Waals surface area contributed by atoms with Crippen molar-refractivity contribution in [3.63, 3.8) is 0 Å². The lowest BCUT2D eigenvalue weighted by molar-refractivity contribution is -0.133. The van der Waals surface area contributed by atoms with E-state index < -0.39 is 5.60 Å². The summed E-state index contributed by atoms with van der Waals surface area (Å²) in [6.45, 7) is 5.68. The predicted molar refractivity (Wildman–Crippen MR) is 63.4 cm³/mol. The van der Waals surface area contributed by atoms with E-state index in [1.54, 1.807) is 0 Å². The Morgan fingerprint density at radius 1 is 1.29 bits per heavy atom. The Hall–Kier alpha value is -1.14. The number of likely N-dealkylation sites (tertiary alicyclic amines) is 1. The van der Waals surface area contributed by atoms with E-state index in [-0.39, 0.29) is 11.8 Å². The number of carbonyl (C=O) groups excluding carboxylic acids is 2. The summed E-state index contributed by atoms with van der Waals surface area (Å²) in [6, 6.07) is 0. The lowest BCUT2D eigenvalue weighted by Crippen LogP contribution is -2.63. The zero-order valence-corrected chi connectivity index (χ0v) is 10.5. The van der Waals surface area contributed by atoms with Crippen LogP contribution in [0.15, 0.2) is 0 Å². The number of amides is 2. The smallest absolute Gasteiger partial charge is 0.234 e. The summed E-state index contributed by atoms with van der Waals surface area (Å²) in [4.78, 5) is 23.9. The molecule has 1 heterocycles. The first-order valence-electron chi connectivity index (χ1n) is 5.91. The first kappa shape index (κ1) is 13.9. The molecule has 0 aliphatic carbocycles. The Balaban J connectivity index is 2.05. The molecule has 1 rings (SSSR count). The maximum absolute atomic E-state index is 11.4. The molecule has 6 nitrogen and oxygen atoms in total. The molecule has 1 fully saturated rings. The van der Waals surface area contributed by atoms with Crippen LogP contribution in [0.5, 0.6) is 0 Å². The van der Waals surface area contributed by atoms with Crippen LogP contribution in [0.25, 0.3) is 0 Å². The minimum atomic E-state index is -0.601. The van der Waals surface area contributed by atoms with Crippen molar-refractivity contribution in [2.75, 3.05) is 32.7 Å². The summed E-state index contributed by atoms with van der Waals surface area (Å²) < 4.78 is 0. The topological polar surface area (TPSA) is 81.7 Å².